The zero-order chi connectivity index (χ0) is 12.7. The van der Waals surface area contributed by atoms with Crippen LogP contribution in [0.3, 0.4) is 0 Å². The van der Waals surface area contributed by atoms with Crippen LogP contribution in [0, 0.1) is 0 Å². The van der Waals surface area contributed by atoms with E-state index >= 15 is 0 Å². The Hall–Kier alpha value is -2.08. The molecule has 0 saturated heterocycles. The van der Waals surface area contributed by atoms with Crippen LogP contribution in [0.15, 0.2) is 24.3 Å². The van der Waals surface area contributed by atoms with Gasteiger partial charge in [0.15, 0.2) is 0 Å². The molecule has 6 heteroatoms. The van der Waals surface area contributed by atoms with Gasteiger partial charge in [0.05, 0.1) is 6.54 Å². The van der Waals surface area contributed by atoms with Crippen molar-refractivity contribution in [3.8, 4) is 0 Å². The zero-order valence-corrected chi connectivity index (χ0v) is 9.83. The summed E-state index contributed by atoms with van der Waals surface area (Å²) in [6, 6.07) is 6.59. The lowest BCUT2D eigenvalue weighted by atomic mass is 10.3. The van der Waals surface area contributed by atoms with E-state index in [1.807, 2.05) is 0 Å². The molecule has 0 heterocycles. The molecule has 1 aromatic carbocycles. The Labute approximate surface area is 99.8 Å². The highest BCUT2D eigenvalue weighted by Crippen LogP contribution is 2.13. The van der Waals surface area contributed by atoms with Gasteiger partial charge in [0.25, 0.3) is 0 Å². The molecule has 0 bridgehead atoms. The summed E-state index contributed by atoms with van der Waals surface area (Å²) in [6.07, 6.45) is 0. The molecule has 0 saturated carbocycles. The molecule has 0 spiro atoms. The first-order valence-electron chi connectivity index (χ1n) is 5.19. The predicted molar refractivity (Wildman–Crippen MR) is 67.1 cm³/mol. The van der Waals surface area contributed by atoms with Gasteiger partial charge in [-0.2, -0.15) is 0 Å². The van der Waals surface area contributed by atoms with Gasteiger partial charge in [0, 0.05) is 18.4 Å². The van der Waals surface area contributed by atoms with E-state index in [4.69, 9.17) is 0 Å². The number of carbonyl (C=O) groups excluding carboxylic acids is 2. The molecule has 0 aromatic heterocycles. The molecule has 0 aliphatic carbocycles. The predicted octanol–water partition coefficient (Wildman–Crippen LogP) is 0.596. The molecule has 1 aromatic rings. The van der Waals surface area contributed by atoms with Crippen molar-refractivity contribution in [3.63, 3.8) is 0 Å². The molecular formula is C11H16N4O2. The van der Waals surface area contributed by atoms with Crippen LogP contribution in [-0.4, -0.2) is 32.6 Å². The maximum Gasteiger partial charge on any atom is 0.318 e. The van der Waals surface area contributed by atoms with E-state index in [0.717, 1.165) is 0 Å². The number of urea groups is 1. The van der Waals surface area contributed by atoms with Crippen molar-refractivity contribution in [2.24, 2.45) is 0 Å². The van der Waals surface area contributed by atoms with E-state index in [2.05, 4.69) is 21.3 Å². The van der Waals surface area contributed by atoms with E-state index in [1.54, 1.807) is 38.4 Å². The lowest BCUT2D eigenvalue weighted by molar-refractivity contribution is -0.115. The summed E-state index contributed by atoms with van der Waals surface area (Å²) in [7, 11) is 3.25. The molecule has 0 atom stereocenters. The van der Waals surface area contributed by atoms with Crippen molar-refractivity contribution in [3.05, 3.63) is 24.3 Å². The molecule has 0 radical (unpaired) electrons. The number of nitrogens with one attached hydrogen (secondary N) is 4. The van der Waals surface area contributed by atoms with Gasteiger partial charge >= 0.3 is 6.03 Å². The van der Waals surface area contributed by atoms with Crippen molar-refractivity contribution in [1.82, 2.24) is 10.6 Å². The zero-order valence-electron chi connectivity index (χ0n) is 9.83. The average Bonchev–Trinajstić information content (AvgIpc) is 2.32. The number of carbonyl (C=O) groups is 2. The molecular weight excluding hydrogens is 220 g/mol. The maximum atomic E-state index is 11.3. The first-order chi connectivity index (χ1) is 8.15. The molecule has 4 N–H and O–H groups in total. The van der Waals surface area contributed by atoms with Crippen LogP contribution in [0.25, 0.3) is 0 Å². The van der Waals surface area contributed by atoms with E-state index in [0.29, 0.717) is 11.4 Å². The quantitative estimate of drug-likeness (QED) is 0.617. The largest absolute Gasteiger partial charge is 0.341 e. The van der Waals surface area contributed by atoms with Crippen LogP contribution in [0.5, 0.6) is 0 Å². The fourth-order valence-electron chi connectivity index (χ4n) is 1.20. The lowest BCUT2D eigenvalue weighted by Gasteiger charge is -2.07. The highest BCUT2D eigenvalue weighted by Gasteiger charge is 2.01. The summed E-state index contributed by atoms with van der Waals surface area (Å²) in [5, 5.41) is 10.5. The summed E-state index contributed by atoms with van der Waals surface area (Å²) < 4.78 is 0. The topological polar surface area (TPSA) is 82.3 Å². The van der Waals surface area contributed by atoms with Crippen molar-refractivity contribution >= 4 is 23.3 Å². The third-order valence-corrected chi connectivity index (χ3v) is 1.99. The number of likely N-dealkylation sites (N-methyl/N-ethyl adjacent to an activating group) is 1. The Morgan fingerprint density at radius 1 is 1.00 bits per heavy atom. The Morgan fingerprint density at radius 3 is 2.00 bits per heavy atom. The van der Waals surface area contributed by atoms with Crippen molar-refractivity contribution in [1.29, 1.82) is 0 Å². The standard InChI is InChI=1S/C11H16N4O2/c1-12-7-10(16)14-8-3-5-9(6-4-8)15-11(17)13-2/h3-6,12H,7H2,1-2H3,(H,14,16)(H2,13,15,17). The van der Waals surface area contributed by atoms with E-state index < -0.39 is 0 Å². The highest BCUT2D eigenvalue weighted by atomic mass is 16.2. The monoisotopic (exact) mass is 236 g/mol. The number of amides is 3. The third kappa shape index (κ3) is 4.52. The molecule has 6 nitrogen and oxygen atoms in total. The van der Waals surface area contributed by atoms with Gasteiger partial charge in [-0.05, 0) is 31.3 Å². The Bertz CT molecular complexity index is 389. The van der Waals surface area contributed by atoms with Gasteiger partial charge in [-0.1, -0.05) is 0 Å². The molecule has 1 rings (SSSR count). The molecule has 0 aliphatic rings. The average molecular weight is 236 g/mol. The van der Waals surface area contributed by atoms with Crippen LogP contribution >= 0.6 is 0 Å². The minimum absolute atomic E-state index is 0.112. The van der Waals surface area contributed by atoms with Crippen molar-refractivity contribution in [2.75, 3.05) is 31.3 Å². The molecule has 92 valence electrons. The number of benzene rings is 1. The normalized spacial score (nSPS) is 9.53. The summed E-state index contributed by atoms with van der Waals surface area (Å²) in [4.78, 5) is 22.3. The third-order valence-electron chi connectivity index (χ3n) is 1.99. The second-order valence-corrected chi connectivity index (χ2v) is 3.36. The second kappa shape index (κ2) is 6.49. The minimum atomic E-state index is -0.281. The van der Waals surface area contributed by atoms with E-state index in [9.17, 15) is 9.59 Å². The fourth-order valence-corrected chi connectivity index (χ4v) is 1.20. The number of hydrogen-bond donors (Lipinski definition) is 4. The Balaban J connectivity index is 2.55. The summed E-state index contributed by atoms with van der Waals surface area (Å²) in [5.74, 6) is -0.112. The van der Waals surface area contributed by atoms with Crippen LogP contribution in [0.4, 0.5) is 16.2 Å². The smallest absolute Gasteiger partial charge is 0.318 e. The van der Waals surface area contributed by atoms with Crippen molar-refractivity contribution < 1.29 is 9.59 Å². The lowest BCUT2D eigenvalue weighted by Crippen LogP contribution is -2.25. The number of anilines is 2. The molecule has 0 aliphatic heterocycles. The first-order valence-corrected chi connectivity index (χ1v) is 5.19. The van der Waals surface area contributed by atoms with Gasteiger partial charge in [-0.15, -0.1) is 0 Å². The van der Waals surface area contributed by atoms with Crippen LogP contribution < -0.4 is 21.3 Å². The first kappa shape index (κ1) is 13.0. The molecule has 3 amide bonds. The Kier molecular flexibility index (Phi) is 4.96. The number of rotatable bonds is 4. The van der Waals surface area contributed by atoms with Crippen LogP contribution in [0.2, 0.25) is 0 Å². The maximum absolute atomic E-state index is 11.3. The SMILES string of the molecule is CNCC(=O)Nc1ccc(NC(=O)NC)cc1. The van der Waals surface area contributed by atoms with Gasteiger partial charge < -0.3 is 21.3 Å². The second-order valence-electron chi connectivity index (χ2n) is 3.36. The summed E-state index contributed by atoms with van der Waals surface area (Å²) in [6.45, 7) is 0.262. The number of hydrogen-bond acceptors (Lipinski definition) is 3. The highest BCUT2D eigenvalue weighted by molar-refractivity contribution is 5.93. The molecule has 0 fully saturated rings. The fraction of sp³-hybridized carbons (Fsp3) is 0.273. The summed E-state index contributed by atoms with van der Waals surface area (Å²) in [5.41, 5.74) is 1.35. The van der Waals surface area contributed by atoms with Gasteiger partial charge in [-0.25, -0.2) is 4.79 Å². The Morgan fingerprint density at radius 2 is 1.53 bits per heavy atom. The van der Waals surface area contributed by atoms with Gasteiger partial charge in [-0.3, -0.25) is 4.79 Å². The van der Waals surface area contributed by atoms with Crippen LogP contribution in [0.1, 0.15) is 0 Å². The van der Waals surface area contributed by atoms with Crippen LogP contribution in [-0.2, 0) is 4.79 Å². The van der Waals surface area contributed by atoms with E-state index in [-0.39, 0.29) is 18.5 Å². The van der Waals surface area contributed by atoms with Crippen molar-refractivity contribution in [2.45, 2.75) is 0 Å². The minimum Gasteiger partial charge on any atom is -0.341 e. The van der Waals surface area contributed by atoms with Gasteiger partial charge in [0.1, 0.15) is 0 Å². The molecule has 0 unspecified atom stereocenters. The summed E-state index contributed by atoms with van der Waals surface area (Å²) >= 11 is 0. The van der Waals surface area contributed by atoms with Gasteiger partial charge in [0.2, 0.25) is 5.91 Å². The van der Waals surface area contributed by atoms with E-state index in [1.165, 1.54) is 0 Å². The molecule has 17 heavy (non-hydrogen) atoms.